The quantitative estimate of drug-likeness (QED) is 0.796. The molecule has 0 spiro atoms. The van der Waals surface area contributed by atoms with Gasteiger partial charge in [-0.1, -0.05) is 19.0 Å². The van der Waals surface area contributed by atoms with Crippen LogP contribution >= 0.6 is 0 Å². The molecule has 150 valence electrons. The lowest BCUT2D eigenvalue weighted by molar-refractivity contribution is 0.0683. The van der Waals surface area contributed by atoms with Crippen LogP contribution in [0.2, 0.25) is 0 Å². The minimum Gasteiger partial charge on any atom is -0.339 e. The second kappa shape index (κ2) is 9.34. The van der Waals surface area contributed by atoms with Crippen LogP contribution in [0.3, 0.4) is 0 Å². The maximum atomic E-state index is 12.6. The fourth-order valence-electron chi connectivity index (χ4n) is 3.25. The third kappa shape index (κ3) is 5.31. The summed E-state index contributed by atoms with van der Waals surface area (Å²) < 4.78 is 5.08. The van der Waals surface area contributed by atoms with Gasteiger partial charge in [0, 0.05) is 43.7 Å². The molecular formula is C20H27N5O3. The van der Waals surface area contributed by atoms with Crippen molar-refractivity contribution in [1.29, 1.82) is 0 Å². The normalized spacial score (nSPS) is 16.6. The first kappa shape index (κ1) is 19.9. The summed E-state index contributed by atoms with van der Waals surface area (Å²) >= 11 is 0. The van der Waals surface area contributed by atoms with E-state index in [0.717, 1.165) is 19.5 Å². The van der Waals surface area contributed by atoms with Gasteiger partial charge in [0.05, 0.1) is 0 Å². The Kier molecular flexibility index (Phi) is 6.62. The van der Waals surface area contributed by atoms with E-state index in [1.54, 1.807) is 24.3 Å². The summed E-state index contributed by atoms with van der Waals surface area (Å²) in [6, 6.07) is 6.67. The third-order valence-electron chi connectivity index (χ3n) is 4.78. The number of aromatic nitrogens is 2. The summed E-state index contributed by atoms with van der Waals surface area (Å²) in [6.07, 6.45) is 3.42. The van der Waals surface area contributed by atoms with Crippen LogP contribution in [0.5, 0.6) is 0 Å². The number of anilines is 1. The number of carbonyl (C=O) groups excluding carboxylic acids is 2. The van der Waals surface area contributed by atoms with Gasteiger partial charge in [0.2, 0.25) is 5.89 Å². The van der Waals surface area contributed by atoms with Crippen molar-refractivity contribution in [3.8, 4) is 0 Å². The molecule has 3 rings (SSSR count). The van der Waals surface area contributed by atoms with Crippen LogP contribution < -0.4 is 10.6 Å². The van der Waals surface area contributed by atoms with Crippen molar-refractivity contribution >= 4 is 17.6 Å². The van der Waals surface area contributed by atoms with Gasteiger partial charge in [-0.25, -0.2) is 4.79 Å². The molecule has 1 aromatic carbocycles. The third-order valence-corrected chi connectivity index (χ3v) is 4.78. The second-order valence-corrected chi connectivity index (χ2v) is 7.16. The molecule has 0 radical (unpaired) electrons. The smallest absolute Gasteiger partial charge is 0.319 e. The molecule has 1 saturated heterocycles. The predicted molar refractivity (Wildman–Crippen MR) is 105 cm³/mol. The Hall–Kier alpha value is -2.90. The molecule has 0 bridgehead atoms. The van der Waals surface area contributed by atoms with E-state index in [1.165, 1.54) is 6.42 Å². The van der Waals surface area contributed by atoms with E-state index in [4.69, 9.17) is 4.52 Å². The van der Waals surface area contributed by atoms with Crippen molar-refractivity contribution in [2.24, 2.45) is 5.92 Å². The minimum atomic E-state index is -0.320. The van der Waals surface area contributed by atoms with E-state index in [1.807, 2.05) is 11.8 Å². The molecule has 2 aromatic rings. The van der Waals surface area contributed by atoms with Gasteiger partial charge in [0.15, 0.2) is 5.82 Å². The van der Waals surface area contributed by atoms with Gasteiger partial charge in [0.1, 0.15) is 0 Å². The molecule has 1 fully saturated rings. The molecule has 0 aliphatic carbocycles. The first-order valence-corrected chi connectivity index (χ1v) is 9.80. The Balaban J connectivity index is 1.45. The van der Waals surface area contributed by atoms with Crippen LogP contribution in [0.25, 0.3) is 0 Å². The van der Waals surface area contributed by atoms with Gasteiger partial charge >= 0.3 is 6.03 Å². The first-order valence-electron chi connectivity index (χ1n) is 9.80. The molecule has 1 atom stereocenters. The molecule has 1 aliphatic heterocycles. The molecule has 3 amide bonds. The number of likely N-dealkylation sites (tertiary alicyclic amines) is 1. The number of amides is 3. The highest BCUT2D eigenvalue weighted by Crippen LogP contribution is 2.19. The number of rotatable bonds is 6. The minimum absolute atomic E-state index is 0.0496. The average molecular weight is 385 g/mol. The Morgan fingerprint density at radius 2 is 2.07 bits per heavy atom. The molecule has 1 aliphatic rings. The number of nitrogens with one attached hydrogen (secondary N) is 2. The highest BCUT2D eigenvalue weighted by atomic mass is 16.5. The first-order chi connectivity index (χ1) is 13.5. The standard InChI is InChI=1S/C20H27N5O3/c1-3-17-23-18(28-24-17)10-11-21-20(27)22-16-8-6-15(7-9-16)19(26)25-12-4-5-14(2)13-25/h6-9,14H,3-5,10-13H2,1-2H3,(H2,21,22,27)/t14-/m0/s1. The van der Waals surface area contributed by atoms with Gasteiger partial charge in [-0.05, 0) is 43.0 Å². The van der Waals surface area contributed by atoms with Crippen molar-refractivity contribution < 1.29 is 14.1 Å². The molecule has 8 heteroatoms. The lowest BCUT2D eigenvalue weighted by Gasteiger charge is -2.31. The van der Waals surface area contributed by atoms with Crippen LogP contribution in [-0.2, 0) is 12.8 Å². The number of benzene rings is 1. The topological polar surface area (TPSA) is 100 Å². The molecular weight excluding hydrogens is 358 g/mol. The Morgan fingerprint density at radius 3 is 2.75 bits per heavy atom. The van der Waals surface area contributed by atoms with Gasteiger partial charge in [-0.15, -0.1) is 0 Å². The summed E-state index contributed by atoms with van der Waals surface area (Å²) in [5.74, 6) is 1.76. The van der Waals surface area contributed by atoms with Crippen LogP contribution in [-0.4, -0.2) is 46.6 Å². The molecule has 2 N–H and O–H groups in total. The monoisotopic (exact) mass is 385 g/mol. The summed E-state index contributed by atoms with van der Waals surface area (Å²) in [4.78, 5) is 30.7. The number of carbonyl (C=O) groups is 2. The molecule has 0 unspecified atom stereocenters. The van der Waals surface area contributed by atoms with E-state index in [0.29, 0.717) is 48.3 Å². The summed E-state index contributed by atoms with van der Waals surface area (Å²) in [5.41, 5.74) is 1.27. The maximum Gasteiger partial charge on any atom is 0.319 e. The molecule has 0 saturated carbocycles. The van der Waals surface area contributed by atoms with Gasteiger partial charge < -0.3 is 20.1 Å². The molecule has 1 aromatic heterocycles. The largest absolute Gasteiger partial charge is 0.339 e. The van der Waals surface area contributed by atoms with Crippen LogP contribution in [0.4, 0.5) is 10.5 Å². The zero-order valence-corrected chi connectivity index (χ0v) is 16.4. The number of aryl methyl sites for hydroxylation is 1. The number of hydrogen-bond donors (Lipinski definition) is 2. The molecule has 28 heavy (non-hydrogen) atoms. The van der Waals surface area contributed by atoms with Crippen molar-refractivity contribution in [2.45, 2.75) is 39.5 Å². The average Bonchev–Trinajstić information content (AvgIpc) is 3.16. The van der Waals surface area contributed by atoms with Crippen molar-refractivity contribution in [3.05, 3.63) is 41.5 Å². The van der Waals surface area contributed by atoms with Crippen molar-refractivity contribution in [2.75, 3.05) is 25.0 Å². The van der Waals surface area contributed by atoms with E-state index < -0.39 is 0 Å². The van der Waals surface area contributed by atoms with Crippen LogP contribution in [0, 0.1) is 5.92 Å². The number of piperidine rings is 1. The molecule has 8 nitrogen and oxygen atoms in total. The van der Waals surface area contributed by atoms with Gasteiger partial charge in [-0.2, -0.15) is 4.98 Å². The molecule has 2 heterocycles. The van der Waals surface area contributed by atoms with E-state index in [2.05, 4.69) is 27.7 Å². The maximum absolute atomic E-state index is 12.6. The SMILES string of the molecule is CCc1noc(CCNC(=O)Nc2ccc(C(=O)N3CCC[C@H](C)C3)cc2)n1. The van der Waals surface area contributed by atoms with Crippen molar-refractivity contribution in [1.82, 2.24) is 20.4 Å². The highest BCUT2D eigenvalue weighted by Gasteiger charge is 2.21. The predicted octanol–water partition coefficient (Wildman–Crippen LogP) is 2.87. The highest BCUT2D eigenvalue weighted by molar-refractivity contribution is 5.95. The number of nitrogens with zero attached hydrogens (tertiary/aromatic N) is 3. The van der Waals surface area contributed by atoms with Crippen LogP contribution in [0.15, 0.2) is 28.8 Å². The van der Waals surface area contributed by atoms with E-state index in [9.17, 15) is 9.59 Å². The van der Waals surface area contributed by atoms with Gasteiger partial charge in [-0.3, -0.25) is 4.79 Å². The lowest BCUT2D eigenvalue weighted by Crippen LogP contribution is -2.39. The van der Waals surface area contributed by atoms with E-state index in [-0.39, 0.29) is 11.9 Å². The van der Waals surface area contributed by atoms with Crippen molar-refractivity contribution in [3.63, 3.8) is 0 Å². The van der Waals surface area contributed by atoms with Crippen LogP contribution in [0.1, 0.15) is 48.8 Å². The zero-order valence-electron chi connectivity index (χ0n) is 16.4. The fraction of sp³-hybridized carbons (Fsp3) is 0.500. The Labute approximate surface area is 164 Å². The lowest BCUT2D eigenvalue weighted by atomic mass is 9.99. The Bertz CT molecular complexity index is 802. The van der Waals surface area contributed by atoms with E-state index >= 15 is 0 Å². The summed E-state index contributed by atoms with van der Waals surface area (Å²) in [5, 5.41) is 9.32. The number of urea groups is 1. The Morgan fingerprint density at radius 1 is 1.29 bits per heavy atom. The fourth-order valence-corrected chi connectivity index (χ4v) is 3.25. The number of hydrogen-bond acceptors (Lipinski definition) is 5. The zero-order chi connectivity index (χ0) is 19.9. The van der Waals surface area contributed by atoms with Gasteiger partial charge in [0.25, 0.3) is 5.91 Å². The second-order valence-electron chi connectivity index (χ2n) is 7.16. The summed E-state index contributed by atoms with van der Waals surface area (Å²) in [6.45, 7) is 6.13. The summed E-state index contributed by atoms with van der Waals surface area (Å²) in [7, 11) is 0.